The Kier molecular flexibility index (Phi) is 5.60. The van der Waals surface area contributed by atoms with E-state index in [-0.39, 0.29) is 0 Å². The van der Waals surface area contributed by atoms with Gasteiger partial charge in [0.1, 0.15) is 12.4 Å². The van der Waals surface area contributed by atoms with E-state index in [1.165, 1.54) is 11.1 Å². The normalized spacial score (nSPS) is 20.6. The van der Waals surface area contributed by atoms with Crippen LogP contribution in [0.4, 0.5) is 0 Å². The highest BCUT2D eigenvalue weighted by Crippen LogP contribution is 2.27. The predicted molar refractivity (Wildman–Crippen MR) is 95.8 cm³/mol. The highest BCUT2D eigenvalue weighted by molar-refractivity contribution is 7.99. The third kappa shape index (κ3) is 4.99. The number of hydrogen-bond donors (Lipinski definition) is 2. The van der Waals surface area contributed by atoms with Gasteiger partial charge in [0.05, 0.1) is 5.60 Å². The minimum Gasteiger partial charge on any atom is -0.489 e. The monoisotopic (exact) mass is 329 g/mol. The van der Waals surface area contributed by atoms with Gasteiger partial charge in [0.25, 0.3) is 0 Å². The molecule has 122 valence electrons. The Hall–Kier alpha value is -1.49. The maximum atomic E-state index is 10.3. The number of thioether (sulfide) groups is 1. The number of benzene rings is 2. The summed E-state index contributed by atoms with van der Waals surface area (Å²) >= 11 is 1.83. The van der Waals surface area contributed by atoms with Crippen molar-refractivity contribution >= 4 is 11.8 Å². The van der Waals surface area contributed by atoms with Crippen LogP contribution >= 0.6 is 11.8 Å². The molecule has 2 aromatic rings. The Morgan fingerprint density at radius 1 is 1.04 bits per heavy atom. The van der Waals surface area contributed by atoms with Gasteiger partial charge in [-0.1, -0.05) is 42.5 Å². The summed E-state index contributed by atoms with van der Waals surface area (Å²) in [6.07, 6.45) is 0.886. The van der Waals surface area contributed by atoms with Crippen molar-refractivity contribution in [1.82, 2.24) is 5.32 Å². The van der Waals surface area contributed by atoms with E-state index in [4.69, 9.17) is 4.74 Å². The maximum absolute atomic E-state index is 10.3. The first kappa shape index (κ1) is 16.4. The fourth-order valence-corrected chi connectivity index (χ4v) is 3.91. The largest absolute Gasteiger partial charge is 0.489 e. The summed E-state index contributed by atoms with van der Waals surface area (Å²) < 4.78 is 5.79. The van der Waals surface area contributed by atoms with Crippen molar-refractivity contribution in [2.24, 2.45) is 0 Å². The van der Waals surface area contributed by atoms with E-state index in [1.807, 2.05) is 42.1 Å². The Morgan fingerprint density at radius 2 is 1.83 bits per heavy atom. The Bertz CT molecular complexity index is 595. The van der Waals surface area contributed by atoms with Crippen LogP contribution < -0.4 is 10.1 Å². The minimum absolute atomic E-state index is 0.524. The highest BCUT2D eigenvalue weighted by Gasteiger charge is 2.30. The summed E-state index contributed by atoms with van der Waals surface area (Å²) in [6, 6.07) is 18.3. The van der Waals surface area contributed by atoms with Crippen LogP contribution in [0.2, 0.25) is 0 Å². The van der Waals surface area contributed by atoms with E-state index in [0.29, 0.717) is 13.2 Å². The van der Waals surface area contributed by atoms with Crippen LogP contribution in [0.15, 0.2) is 54.6 Å². The van der Waals surface area contributed by atoms with E-state index >= 15 is 0 Å². The number of nitrogens with one attached hydrogen (secondary N) is 1. The number of ether oxygens (including phenoxy) is 1. The van der Waals surface area contributed by atoms with Crippen LogP contribution in [0.25, 0.3) is 0 Å². The predicted octanol–water partition coefficient (Wildman–Crippen LogP) is 3.22. The molecule has 3 nitrogen and oxygen atoms in total. The lowest BCUT2D eigenvalue weighted by atomic mass is 10.0. The van der Waals surface area contributed by atoms with Crippen molar-refractivity contribution in [1.29, 1.82) is 0 Å². The topological polar surface area (TPSA) is 41.5 Å². The van der Waals surface area contributed by atoms with Gasteiger partial charge in [-0.2, -0.15) is 11.8 Å². The summed E-state index contributed by atoms with van der Waals surface area (Å²) in [4.78, 5) is 0. The summed E-state index contributed by atoms with van der Waals surface area (Å²) in [6.45, 7) is 2.02. The summed E-state index contributed by atoms with van der Waals surface area (Å²) in [5.74, 6) is 2.78. The molecule has 1 unspecified atom stereocenters. The highest BCUT2D eigenvalue weighted by atomic mass is 32.2. The van der Waals surface area contributed by atoms with Crippen molar-refractivity contribution in [3.05, 3.63) is 65.7 Å². The first-order valence-electron chi connectivity index (χ1n) is 8.00. The molecule has 4 heteroatoms. The molecule has 1 saturated heterocycles. The molecule has 1 fully saturated rings. The van der Waals surface area contributed by atoms with E-state index in [9.17, 15) is 5.11 Å². The smallest absolute Gasteiger partial charge is 0.119 e. The van der Waals surface area contributed by atoms with Crippen LogP contribution in [0, 0.1) is 0 Å². The fourth-order valence-electron chi connectivity index (χ4n) is 2.62. The molecule has 2 N–H and O–H groups in total. The van der Waals surface area contributed by atoms with Gasteiger partial charge in [0.2, 0.25) is 0 Å². The molecule has 3 rings (SSSR count). The molecule has 0 aromatic heterocycles. The Balaban J connectivity index is 1.43. The van der Waals surface area contributed by atoms with Gasteiger partial charge in [0.15, 0.2) is 0 Å². The molecule has 0 saturated carbocycles. The maximum Gasteiger partial charge on any atom is 0.119 e. The zero-order valence-corrected chi connectivity index (χ0v) is 14.0. The Morgan fingerprint density at radius 3 is 2.52 bits per heavy atom. The van der Waals surface area contributed by atoms with Gasteiger partial charge in [-0.05, 0) is 35.4 Å². The molecule has 0 spiro atoms. The molecular formula is C19H23NO2S. The van der Waals surface area contributed by atoms with E-state index in [0.717, 1.165) is 30.2 Å². The lowest BCUT2D eigenvalue weighted by molar-refractivity contribution is 0.0674. The number of rotatable bonds is 7. The third-order valence-corrected chi connectivity index (χ3v) is 5.27. The summed E-state index contributed by atoms with van der Waals surface area (Å²) in [5.41, 5.74) is 1.84. The van der Waals surface area contributed by atoms with Crippen molar-refractivity contribution in [3.8, 4) is 5.75 Å². The molecule has 2 aromatic carbocycles. The molecule has 23 heavy (non-hydrogen) atoms. The fraction of sp³-hybridized carbons (Fsp3) is 0.368. The van der Waals surface area contributed by atoms with Crippen LogP contribution in [0.5, 0.6) is 5.75 Å². The van der Waals surface area contributed by atoms with Gasteiger partial charge in [-0.3, -0.25) is 0 Å². The quantitative estimate of drug-likeness (QED) is 0.818. The van der Waals surface area contributed by atoms with Crippen LogP contribution in [-0.4, -0.2) is 28.8 Å². The first-order chi connectivity index (χ1) is 11.2. The molecule has 0 radical (unpaired) electrons. The molecule has 1 atom stereocenters. The summed E-state index contributed by atoms with van der Waals surface area (Å²) in [5, 5.41) is 13.6. The van der Waals surface area contributed by atoms with Gasteiger partial charge < -0.3 is 15.2 Å². The van der Waals surface area contributed by atoms with Gasteiger partial charge in [0, 0.05) is 18.8 Å². The van der Waals surface area contributed by atoms with Crippen molar-refractivity contribution in [2.75, 3.05) is 18.1 Å². The lowest BCUT2D eigenvalue weighted by Crippen LogP contribution is -2.40. The molecule has 0 aliphatic carbocycles. The molecule has 1 heterocycles. The van der Waals surface area contributed by atoms with Crippen LogP contribution in [-0.2, 0) is 13.2 Å². The van der Waals surface area contributed by atoms with Crippen molar-refractivity contribution < 1.29 is 9.84 Å². The zero-order chi connectivity index (χ0) is 16.0. The molecule has 0 amide bonds. The van der Waals surface area contributed by atoms with Crippen molar-refractivity contribution in [2.45, 2.75) is 25.2 Å². The molecule has 1 aliphatic rings. The second-order valence-corrected chi connectivity index (χ2v) is 7.15. The average Bonchev–Trinajstić information content (AvgIpc) is 3.02. The zero-order valence-electron chi connectivity index (χ0n) is 13.2. The first-order valence-corrected chi connectivity index (χ1v) is 9.16. The van der Waals surface area contributed by atoms with Crippen LogP contribution in [0.3, 0.4) is 0 Å². The minimum atomic E-state index is -0.524. The standard InChI is InChI=1S/C19H23NO2S/c21-19(10-11-23-15-19)14-20-12-16-6-8-18(9-7-16)22-13-17-4-2-1-3-5-17/h1-9,20-21H,10-15H2. The average molecular weight is 329 g/mol. The van der Waals surface area contributed by atoms with E-state index in [2.05, 4.69) is 29.6 Å². The molecule has 1 aliphatic heterocycles. The Labute approximate surface area is 142 Å². The van der Waals surface area contributed by atoms with Gasteiger partial charge in [-0.25, -0.2) is 0 Å². The third-order valence-electron chi connectivity index (χ3n) is 4.04. The SMILES string of the molecule is OC1(CNCc2ccc(OCc3ccccc3)cc2)CCSC1. The summed E-state index contributed by atoms with van der Waals surface area (Å²) in [7, 11) is 0. The number of aliphatic hydroxyl groups is 1. The van der Waals surface area contributed by atoms with Gasteiger partial charge in [-0.15, -0.1) is 0 Å². The lowest BCUT2D eigenvalue weighted by Gasteiger charge is -2.21. The second kappa shape index (κ2) is 7.86. The number of hydrogen-bond acceptors (Lipinski definition) is 4. The van der Waals surface area contributed by atoms with E-state index < -0.39 is 5.60 Å². The molecule has 0 bridgehead atoms. The second-order valence-electron chi connectivity index (χ2n) is 6.05. The van der Waals surface area contributed by atoms with Crippen molar-refractivity contribution in [3.63, 3.8) is 0 Å². The van der Waals surface area contributed by atoms with Gasteiger partial charge >= 0.3 is 0 Å². The van der Waals surface area contributed by atoms with E-state index in [1.54, 1.807) is 0 Å². The molecular weight excluding hydrogens is 306 g/mol. The van der Waals surface area contributed by atoms with Crippen LogP contribution in [0.1, 0.15) is 17.5 Å².